The number of carbonyl (C=O) groups excluding carboxylic acids is 1. The molecule has 0 aliphatic rings. The summed E-state index contributed by atoms with van der Waals surface area (Å²) in [5, 5.41) is 20.0. The molecule has 0 radical (unpaired) electrons. The Kier molecular flexibility index (Phi) is 5.67. The molecule has 0 bridgehead atoms. The highest BCUT2D eigenvalue weighted by molar-refractivity contribution is 5.93. The molecule has 20 heavy (non-hydrogen) atoms. The number of para-hydroxylation sites is 1. The third-order valence-electron chi connectivity index (χ3n) is 2.50. The largest absolute Gasteiger partial charge is 0.480 e. The van der Waals surface area contributed by atoms with Crippen LogP contribution in [0.2, 0.25) is 0 Å². The zero-order valence-corrected chi connectivity index (χ0v) is 11.0. The third-order valence-corrected chi connectivity index (χ3v) is 2.50. The molecule has 1 aromatic rings. The van der Waals surface area contributed by atoms with Gasteiger partial charge in [0.05, 0.1) is 19.6 Å². The first-order valence-corrected chi connectivity index (χ1v) is 5.90. The molecule has 0 heterocycles. The van der Waals surface area contributed by atoms with Gasteiger partial charge in [0.25, 0.3) is 0 Å². The van der Waals surface area contributed by atoms with Crippen LogP contribution in [0.4, 0.5) is 5.69 Å². The fourth-order valence-electron chi connectivity index (χ4n) is 1.66. The second-order valence-electron chi connectivity index (χ2n) is 4.30. The van der Waals surface area contributed by atoms with Crippen molar-refractivity contribution in [2.75, 3.05) is 25.0 Å². The highest BCUT2D eigenvalue weighted by Gasteiger charge is 2.17. The fraction of sp³-hybridized carbons (Fsp3) is 0.308. The van der Waals surface area contributed by atoms with Gasteiger partial charge in [-0.25, -0.2) is 0 Å². The molecule has 0 saturated carbocycles. The molecule has 108 valence electrons. The van der Waals surface area contributed by atoms with E-state index in [0.717, 1.165) is 10.5 Å². The summed E-state index contributed by atoms with van der Waals surface area (Å²) in [7, 11) is 0. The van der Waals surface area contributed by atoms with Crippen LogP contribution in [0.3, 0.4) is 0 Å². The maximum Gasteiger partial charge on any atom is 0.317 e. The number of hydrogen-bond donors (Lipinski definition) is 3. The maximum atomic E-state index is 11.8. The minimum Gasteiger partial charge on any atom is -0.480 e. The number of nitrogens with one attached hydrogen (secondary N) is 1. The summed E-state index contributed by atoms with van der Waals surface area (Å²) in [6.07, 6.45) is 0. The van der Waals surface area contributed by atoms with Crippen LogP contribution in [-0.4, -0.2) is 52.6 Å². The van der Waals surface area contributed by atoms with E-state index in [1.807, 2.05) is 19.1 Å². The minimum atomic E-state index is -1.19. The molecule has 7 nitrogen and oxygen atoms in total. The molecule has 0 aliphatic heterocycles. The van der Waals surface area contributed by atoms with E-state index in [2.05, 4.69) is 5.32 Å². The Balaban J connectivity index is 2.64. The van der Waals surface area contributed by atoms with E-state index in [1.165, 1.54) is 0 Å². The predicted molar refractivity (Wildman–Crippen MR) is 71.5 cm³/mol. The van der Waals surface area contributed by atoms with Crippen molar-refractivity contribution in [2.45, 2.75) is 6.92 Å². The van der Waals surface area contributed by atoms with Crippen LogP contribution in [0, 0.1) is 6.92 Å². The van der Waals surface area contributed by atoms with Crippen LogP contribution in [0.1, 0.15) is 5.56 Å². The van der Waals surface area contributed by atoms with Gasteiger partial charge in [0, 0.05) is 5.69 Å². The lowest BCUT2D eigenvalue weighted by Crippen LogP contribution is -2.40. The SMILES string of the molecule is Cc1ccccc1NC(=O)CN(CC(=O)O)CC(=O)O. The number of amides is 1. The predicted octanol–water partition coefficient (Wildman–Crippen LogP) is 0.405. The quantitative estimate of drug-likeness (QED) is 0.667. The van der Waals surface area contributed by atoms with E-state index in [0.29, 0.717) is 5.69 Å². The summed E-state index contributed by atoms with van der Waals surface area (Å²) < 4.78 is 0. The van der Waals surface area contributed by atoms with Gasteiger partial charge in [0.15, 0.2) is 0 Å². The Bertz CT molecular complexity index is 499. The average Bonchev–Trinajstić information content (AvgIpc) is 2.30. The number of nitrogens with zero attached hydrogens (tertiary/aromatic N) is 1. The van der Waals surface area contributed by atoms with Crippen molar-refractivity contribution in [3.8, 4) is 0 Å². The monoisotopic (exact) mass is 280 g/mol. The van der Waals surface area contributed by atoms with Gasteiger partial charge in [0.1, 0.15) is 0 Å². The Morgan fingerprint density at radius 3 is 2.10 bits per heavy atom. The van der Waals surface area contributed by atoms with E-state index in [9.17, 15) is 14.4 Å². The molecule has 0 fully saturated rings. The molecule has 7 heteroatoms. The van der Waals surface area contributed by atoms with Crippen molar-refractivity contribution >= 4 is 23.5 Å². The first-order valence-electron chi connectivity index (χ1n) is 5.90. The lowest BCUT2D eigenvalue weighted by Gasteiger charge is -2.17. The van der Waals surface area contributed by atoms with Crippen LogP contribution in [-0.2, 0) is 14.4 Å². The molecule has 0 atom stereocenters. The molecule has 0 spiro atoms. The van der Waals surface area contributed by atoms with Gasteiger partial charge in [-0.05, 0) is 18.6 Å². The molecule has 1 amide bonds. The van der Waals surface area contributed by atoms with Crippen molar-refractivity contribution in [2.24, 2.45) is 0 Å². The first kappa shape index (κ1) is 15.6. The maximum absolute atomic E-state index is 11.8. The van der Waals surface area contributed by atoms with E-state index in [1.54, 1.807) is 12.1 Å². The van der Waals surface area contributed by atoms with E-state index in [-0.39, 0.29) is 6.54 Å². The van der Waals surface area contributed by atoms with E-state index < -0.39 is 30.9 Å². The van der Waals surface area contributed by atoms with Crippen LogP contribution in [0.15, 0.2) is 24.3 Å². The van der Waals surface area contributed by atoms with Crippen molar-refractivity contribution < 1.29 is 24.6 Å². The second kappa shape index (κ2) is 7.25. The number of anilines is 1. The molecular weight excluding hydrogens is 264 g/mol. The first-order chi connectivity index (χ1) is 9.38. The average molecular weight is 280 g/mol. The summed E-state index contributed by atoms with van der Waals surface area (Å²) in [6.45, 7) is 0.510. The summed E-state index contributed by atoms with van der Waals surface area (Å²) in [5.74, 6) is -2.83. The van der Waals surface area contributed by atoms with Crippen LogP contribution in [0.5, 0.6) is 0 Å². The van der Waals surface area contributed by atoms with Crippen molar-refractivity contribution in [1.82, 2.24) is 4.90 Å². The third kappa shape index (κ3) is 5.49. The zero-order chi connectivity index (χ0) is 15.1. The normalized spacial score (nSPS) is 10.3. The number of rotatable bonds is 7. The number of hydrogen-bond acceptors (Lipinski definition) is 4. The molecule has 0 saturated heterocycles. The van der Waals surface area contributed by atoms with Crippen LogP contribution in [0.25, 0.3) is 0 Å². The van der Waals surface area contributed by atoms with Gasteiger partial charge < -0.3 is 15.5 Å². The number of benzene rings is 1. The standard InChI is InChI=1S/C13H16N2O5/c1-9-4-2-3-5-10(9)14-11(16)6-15(7-12(17)18)8-13(19)20/h2-5H,6-8H2,1H3,(H,14,16)(H,17,18)(H,19,20). The molecule has 0 aromatic heterocycles. The lowest BCUT2D eigenvalue weighted by atomic mass is 10.2. The van der Waals surface area contributed by atoms with E-state index in [4.69, 9.17) is 10.2 Å². The minimum absolute atomic E-state index is 0.299. The summed E-state index contributed by atoms with van der Waals surface area (Å²) in [5.41, 5.74) is 1.48. The summed E-state index contributed by atoms with van der Waals surface area (Å²) >= 11 is 0. The lowest BCUT2D eigenvalue weighted by molar-refractivity contribution is -0.142. The zero-order valence-electron chi connectivity index (χ0n) is 11.0. The van der Waals surface area contributed by atoms with Crippen molar-refractivity contribution in [3.63, 3.8) is 0 Å². The summed E-state index contributed by atoms with van der Waals surface area (Å²) in [4.78, 5) is 34.1. The number of aliphatic carboxylic acids is 2. The van der Waals surface area contributed by atoms with Crippen molar-refractivity contribution in [3.05, 3.63) is 29.8 Å². The Morgan fingerprint density at radius 1 is 1.05 bits per heavy atom. The van der Waals surface area contributed by atoms with Gasteiger partial charge in [0.2, 0.25) is 5.91 Å². The number of carboxylic acid groups (broad SMARTS) is 2. The molecule has 0 aliphatic carbocycles. The highest BCUT2D eigenvalue weighted by atomic mass is 16.4. The van der Waals surface area contributed by atoms with Gasteiger partial charge in [-0.1, -0.05) is 18.2 Å². The number of carboxylic acids is 2. The molecule has 1 rings (SSSR count). The number of carbonyl (C=O) groups is 3. The molecule has 0 unspecified atom stereocenters. The van der Waals surface area contributed by atoms with E-state index >= 15 is 0 Å². The van der Waals surface area contributed by atoms with Crippen molar-refractivity contribution in [1.29, 1.82) is 0 Å². The van der Waals surface area contributed by atoms with Crippen LogP contribution < -0.4 is 5.32 Å². The van der Waals surface area contributed by atoms with Gasteiger partial charge >= 0.3 is 11.9 Å². The van der Waals surface area contributed by atoms with Crippen LogP contribution >= 0.6 is 0 Å². The molecule has 3 N–H and O–H groups in total. The fourth-order valence-corrected chi connectivity index (χ4v) is 1.66. The molecular formula is C13H16N2O5. The Hall–Kier alpha value is -2.41. The smallest absolute Gasteiger partial charge is 0.317 e. The molecule has 1 aromatic carbocycles. The Morgan fingerprint density at radius 2 is 1.60 bits per heavy atom. The summed E-state index contributed by atoms with van der Waals surface area (Å²) in [6, 6.07) is 7.12. The second-order valence-corrected chi connectivity index (χ2v) is 4.30. The topological polar surface area (TPSA) is 107 Å². The van der Waals surface area contributed by atoms with Gasteiger partial charge in [-0.15, -0.1) is 0 Å². The highest BCUT2D eigenvalue weighted by Crippen LogP contribution is 2.12. The Labute approximate surface area is 115 Å². The number of aryl methyl sites for hydroxylation is 1. The van der Waals surface area contributed by atoms with Gasteiger partial charge in [-0.3, -0.25) is 19.3 Å². The van der Waals surface area contributed by atoms with Gasteiger partial charge in [-0.2, -0.15) is 0 Å².